The molecule has 2 aliphatic rings. The first-order valence-corrected chi connectivity index (χ1v) is 12.4. The van der Waals surface area contributed by atoms with Crippen LogP contribution in [0.3, 0.4) is 0 Å². The van der Waals surface area contributed by atoms with Crippen molar-refractivity contribution in [2.24, 2.45) is 0 Å². The first-order chi connectivity index (χ1) is 15.3. The van der Waals surface area contributed by atoms with Crippen LogP contribution >= 0.6 is 22.9 Å². The smallest absolute Gasteiger partial charge is 0.318 e. The van der Waals surface area contributed by atoms with Gasteiger partial charge in [-0.15, -0.1) is 11.3 Å². The van der Waals surface area contributed by atoms with Gasteiger partial charge in [0.25, 0.3) is 0 Å². The van der Waals surface area contributed by atoms with Crippen molar-refractivity contribution in [2.75, 3.05) is 19.7 Å². The highest BCUT2D eigenvalue weighted by Gasteiger charge is 2.38. The minimum absolute atomic E-state index is 0.0335. The highest BCUT2D eigenvalue weighted by molar-refractivity contribution is 7.10. The number of thiophene rings is 1. The standard InChI is InChI=1S/C24H30ClN3O3S/c1-15(2)26-24(30)28(17-4-5-17)13-23(29)27-10-8-22-19(9-11-32-22)21(27)14-31-18-6-7-20(25)16(3)12-18/h6-7,9,11-12,15,17,21H,4-5,8,10,13-14H2,1-3H3,(H,26,30). The normalized spacial score (nSPS) is 17.8. The Hall–Kier alpha value is -2.25. The van der Waals surface area contributed by atoms with Gasteiger partial charge in [0.2, 0.25) is 5.91 Å². The SMILES string of the molecule is Cc1cc(OCC2c3ccsc3CCN2C(=O)CN(C(=O)NC(C)C)C2CC2)ccc1Cl. The van der Waals surface area contributed by atoms with Crippen molar-refractivity contribution >= 4 is 34.9 Å². The summed E-state index contributed by atoms with van der Waals surface area (Å²) in [4.78, 5) is 31.0. The molecule has 0 saturated heterocycles. The summed E-state index contributed by atoms with van der Waals surface area (Å²) < 4.78 is 6.11. The van der Waals surface area contributed by atoms with Crippen LogP contribution in [0, 0.1) is 6.92 Å². The zero-order valence-electron chi connectivity index (χ0n) is 18.8. The maximum atomic E-state index is 13.4. The fraction of sp³-hybridized carbons (Fsp3) is 0.500. The average molecular weight is 476 g/mol. The first kappa shape index (κ1) is 22.9. The minimum Gasteiger partial charge on any atom is -0.491 e. The third-order valence-electron chi connectivity index (χ3n) is 5.92. The number of carbonyl (C=O) groups excluding carboxylic acids is 2. The van der Waals surface area contributed by atoms with Gasteiger partial charge in [-0.3, -0.25) is 4.79 Å². The summed E-state index contributed by atoms with van der Waals surface area (Å²) >= 11 is 7.86. The largest absolute Gasteiger partial charge is 0.491 e. The van der Waals surface area contributed by atoms with Crippen LogP contribution in [0.2, 0.25) is 5.02 Å². The van der Waals surface area contributed by atoms with Crippen LogP contribution in [0.5, 0.6) is 5.75 Å². The van der Waals surface area contributed by atoms with Crippen molar-refractivity contribution in [3.63, 3.8) is 0 Å². The topological polar surface area (TPSA) is 61.9 Å². The number of hydrogen-bond donors (Lipinski definition) is 1. The average Bonchev–Trinajstić information content (AvgIpc) is 3.47. The maximum Gasteiger partial charge on any atom is 0.318 e. The van der Waals surface area contributed by atoms with Crippen LogP contribution in [0.25, 0.3) is 0 Å². The van der Waals surface area contributed by atoms with E-state index in [1.165, 1.54) is 4.88 Å². The zero-order valence-corrected chi connectivity index (χ0v) is 20.3. The van der Waals surface area contributed by atoms with Crippen molar-refractivity contribution in [1.82, 2.24) is 15.1 Å². The van der Waals surface area contributed by atoms with E-state index in [-0.39, 0.29) is 36.6 Å². The Kier molecular flexibility index (Phi) is 6.96. The lowest BCUT2D eigenvalue weighted by Gasteiger charge is -2.37. The van der Waals surface area contributed by atoms with E-state index in [0.717, 1.165) is 36.1 Å². The molecule has 1 unspecified atom stereocenters. The fourth-order valence-corrected chi connectivity index (χ4v) is 5.12. The van der Waals surface area contributed by atoms with Crippen molar-refractivity contribution in [3.8, 4) is 5.75 Å². The maximum absolute atomic E-state index is 13.4. The predicted molar refractivity (Wildman–Crippen MR) is 128 cm³/mol. The molecule has 0 radical (unpaired) electrons. The molecule has 1 aliphatic carbocycles. The molecule has 1 saturated carbocycles. The molecule has 8 heteroatoms. The van der Waals surface area contributed by atoms with E-state index in [9.17, 15) is 9.59 Å². The minimum atomic E-state index is -0.178. The monoisotopic (exact) mass is 475 g/mol. The third kappa shape index (κ3) is 5.21. The van der Waals surface area contributed by atoms with Gasteiger partial charge < -0.3 is 19.9 Å². The molecule has 1 fully saturated rings. The molecule has 1 aliphatic heterocycles. The van der Waals surface area contributed by atoms with E-state index < -0.39 is 0 Å². The van der Waals surface area contributed by atoms with E-state index in [4.69, 9.17) is 16.3 Å². The van der Waals surface area contributed by atoms with Gasteiger partial charge in [-0.05, 0) is 80.8 Å². The van der Waals surface area contributed by atoms with Crippen LogP contribution < -0.4 is 10.1 Å². The number of rotatable bonds is 7. The Morgan fingerprint density at radius 3 is 2.78 bits per heavy atom. The van der Waals surface area contributed by atoms with E-state index in [1.807, 2.05) is 43.9 Å². The number of aryl methyl sites for hydroxylation is 1. The number of nitrogens with one attached hydrogen (secondary N) is 1. The second-order valence-corrected chi connectivity index (χ2v) is 10.2. The molecule has 2 aromatic rings. The van der Waals surface area contributed by atoms with E-state index in [0.29, 0.717) is 18.2 Å². The van der Waals surface area contributed by atoms with Gasteiger partial charge in [0.05, 0.1) is 6.04 Å². The van der Waals surface area contributed by atoms with Crippen molar-refractivity contribution in [3.05, 3.63) is 50.7 Å². The molecule has 2 heterocycles. The molecule has 3 amide bonds. The molecule has 32 heavy (non-hydrogen) atoms. The molecule has 1 aromatic carbocycles. The number of hydrogen-bond acceptors (Lipinski definition) is 4. The van der Waals surface area contributed by atoms with Crippen LogP contribution in [0.4, 0.5) is 4.79 Å². The number of amides is 3. The molecule has 6 nitrogen and oxygen atoms in total. The first-order valence-electron chi connectivity index (χ1n) is 11.1. The van der Waals surface area contributed by atoms with Gasteiger partial charge in [-0.25, -0.2) is 4.79 Å². The molecule has 1 aromatic heterocycles. The molecular formula is C24H30ClN3O3S. The number of carbonyl (C=O) groups is 2. The lowest BCUT2D eigenvalue weighted by atomic mass is 10.0. The van der Waals surface area contributed by atoms with Crippen LogP contribution in [-0.2, 0) is 11.2 Å². The fourth-order valence-electron chi connectivity index (χ4n) is 4.08. The lowest BCUT2D eigenvalue weighted by Crippen LogP contribution is -2.51. The highest BCUT2D eigenvalue weighted by Crippen LogP contribution is 2.35. The summed E-state index contributed by atoms with van der Waals surface area (Å²) in [6.45, 7) is 6.89. The highest BCUT2D eigenvalue weighted by atomic mass is 35.5. The summed E-state index contributed by atoms with van der Waals surface area (Å²) in [6.07, 6.45) is 2.74. The zero-order chi connectivity index (χ0) is 22.8. The second kappa shape index (κ2) is 9.71. The molecule has 4 rings (SSSR count). The Morgan fingerprint density at radius 1 is 1.31 bits per heavy atom. The number of ether oxygens (including phenoxy) is 1. The van der Waals surface area contributed by atoms with E-state index in [1.54, 1.807) is 16.2 Å². The molecule has 0 spiro atoms. The Morgan fingerprint density at radius 2 is 2.09 bits per heavy atom. The number of halogens is 1. The van der Waals surface area contributed by atoms with E-state index in [2.05, 4.69) is 16.8 Å². The van der Waals surface area contributed by atoms with Crippen LogP contribution in [-0.4, -0.2) is 53.5 Å². The summed E-state index contributed by atoms with van der Waals surface area (Å²) in [5.74, 6) is 0.700. The van der Waals surface area contributed by atoms with Gasteiger partial charge in [-0.2, -0.15) is 0 Å². The van der Waals surface area contributed by atoms with Gasteiger partial charge in [0.15, 0.2) is 0 Å². The molecule has 1 atom stereocenters. The number of benzene rings is 1. The molecule has 1 N–H and O–H groups in total. The van der Waals surface area contributed by atoms with Gasteiger partial charge in [-0.1, -0.05) is 11.6 Å². The third-order valence-corrected chi connectivity index (χ3v) is 7.34. The van der Waals surface area contributed by atoms with Gasteiger partial charge in [0.1, 0.15) is 18.9 Å². The van der Waals surface area contributed by atoms with Gasteiger partial charge in [0, 0.05) is 28.5 Å². The summed E-state index contributed by atoms with van der Waals surface area (Å²) in [5, 5.41) is 5.71. The van der Waals surface area contributed by atoms with Crippen LogP contribution in [0.15, 0.2) is 29.6 Å². The predicted octanol–water partition coefficient (Wildman–Crippen LogP) is 4.80. The Balaban J connectivity index is 1.49. The Labute approximate surface area is 198 Å². The van der Waals surface area contributed by atoms with Crippen LogP contribution in [0.1, 0.15) is 48.7 Å². The molecule has 0 bridgehead atoms. The summed E-state index contributed by atoms with van der Waals surface area (Å²) in [5.41, 5.74) is 2.10. The summed E-state index contributed by atoms with van der Waals surface area (Å²) in [7, 11) is 0. The second-order valence-electron chi connectivity index (χ2n) is 8.84. The molecular weight excluding hydrogens is 446 g/mol. The summed E-state index contributed by atoms with van der Waals surface area (Å²) in [6, 6.07) is 7.53. The Bertz CT molecular complexity index is 989. The number of nitrogens with zero attached hydrogens (tertiary/aromatic N) is 2. The molecule has 172 valence electrons. The van der Waals surface area contributed by atoms with Gasteiger partial charge >= 0.3 is 6.03 Å². The van der Waals surface area contributed by atoms with Crippen molar-refractivity contribution in [1.29, 1.82) is 0 Å². The van der Waals surface area contributed by atoms with Crippen molar-refractivity contribution < 1.29 is 14.3 Å². The number of fused-ring (bicyclic) bond motifs is 1. The lowest BCUT2D eigenvalue weighted by molar-refractivity contribution is -0.135. The number of urea groups is 1. The quantitative estimate of drug-likeness (QED) is 0.625. The van der Waals surface area contributed by atoms with Crippen molar-refractivity contribution in [2.45, 2.75) is 58.2 Å². The van der Waals surface area contributed by atoms with E-state index >= 15 is 0 Å².